The first-order valence-corrected chi connectivity index (χ1v) is 5.83. The molecule has 0 unspecified atom stereocenters. The van der Waals surface area contributed by atoms with Crippen LogP contribution in [0.25, 0.3) is 11.3 Å². The van der Waals surface area contributed by atoms with Gasteiger partial charge in [-0.2, -0.15) is 0 Å². The maximum atomic E-state index is 13.1. The lowest BCUT2D eigenvalue weighted by molar-refractivity contribution is 0.435. The molecule has 6 heteroatoms. The number of benzene rings is 1. The van der Waals surface area contributed by atoms with E-state index < -0.39 is 0 Å². The molecule has 1 aromatic heterocycles. The molecule has 1 heterocycles. The molecule has 2 rings (SSSR count). The summed E-state index contributed by atoms with van der Waals surface area (Å²) in [6.45, 7) is 0. The second-order valence-corrected chi connectivity index (χ2v) is 4.77. The summed E-state index contributed by atoms with van der Waals surface area (Å²) in [6.07, 6.45) is 0. The second kappa shape index (κ2) is 4.09. The molecule has 3 nitrogen and oxygen atoms in total. The minimum atomic E-state index is -0.334. The van der Waals surface area contributed by atoms with Gasteiger partial charge in [-0.05, 0) is 40.8 Å². The van der Waals surface area contributed by atoms with Crippen molar-refractivity contribution in [3.05, 3.63) is 32.1 Å². The van der Waals surface area contributed by atoms with Crippen LogP contribution in [-0.2, 0) is 0 Å². The Kier molecular flexibility index (Phi) is 2.96. The second-order valence-electron chi connectivity index (χ2n) is 2.84. The van der Waals surface area contributed by atoms with Crippen LogP contribution in [0.4, 0.5) is 10.2 Å². The van der Waals surface area contributed by atoms with E-state index in [2.05, 4.69) is 21.1 Å². The number of hydrogen-bond acceptors (Lipinski definition) is 3. The molecule has 0 amide bonds. The van der Waals surface area contributed by atoms with Gasteiger partial charge in [-0.3, -0.25) is 0 Å². The third-order valence-corrected chi connectivity index (χ3v) is 3.57. The third-order valence-electron chi connectivity index (χ3n) is 1.83. The zero-order valence-corrected chi connectivity index (χ0v) is 11.0. The molecule has 0 radical (unpaired) electrons. The minimum Gasteiger partial charge on any atom is -0.380 e. The fourth-order valence-corrected chi connectivity index (χ4v) is 2.04. The van der Waals surface area contributed by atoms with Crippen LogP contribution in [-0.4, -0.2) is 5.16 Å². The largest absolute Gasteiger partial charge is 0.380 e. The molecule has 0 aliphatic heterocycles. The summed E-state index contributed by atoms with van der Waals surface area (Å²) in [7, 11) is 0. The van der Waals surface area contributed by atoms with E-state index in [4.69, 9.17) is 10.3 Å². The monoisotopic (exact) mass is 382 g/mol. The number of nitrogens with zero attached hydrogens (tertiary/aromatic N) is 1. The molecule has 0 saturated heterocycles. The van der Waals surface area contributed by atoms with E-state index in [9.17, 15) is 4.39 Å². The van der Waals surface area contributed by atoms with Gasteiger partial charge in [0.25, 0.3) is 0 Å². The van der Waals surface area contributed by atoms with Crippen molar-refractivity contribution in [2.75, 3.05) is 5.73 Å². The first kappa shape index (κ1) is 10.9. The van der Waals surface area contributed by atoms with Gasteiger partial charge in [0.05, 0.1) is 0 Å². The fourth-order valence-electron chi connectivity index (χ4n) is 1.13. The smallest absolute Gasteiger partial charge is 0.183 e. The maximum absolute atomic E-state index is 13.1. The van der Waals surface area contributed by atoms with Crippen LogP contribution in [0.3, 0.4) is 0 Å². The van der Waals surface area contributed by atoms with Gasteiger partial charge in [0.2, 0.25) is 0 Å². The molecule has 2 N–H and O–H groups in total. The summed E-state index contributed by atoms with van der Waals surface area (Å²) in [5.74, 6) is 0.445. The lowest BCUT2D eigenvalue weighted by Crippen LogP contribution is -1.87. The van der Waals surface area contributed by atoms with Crippen LogP contribution in [0.2, 0.25) is 0 Å². The normalized spacial score (nSPS) is 10.6. The van der Waals surface area contributed by atoms with Gasteiger partial charge in [-0.15, -0.1) is 0 Å². The predicted octanol–water partition coefficient (Wildman–Crippen LogP) is 3.43. The van der Waals surface area contributed by atoms with Gasteiger partial charge in [0.1, 0.15) is 9.39 Å². The first-order chi connectivity index (χ1) is 7.09. The van der Waals surface area contributed by atoms with Crippen molar-refractivity contribution < 1.29 is 8.91 Å². The third kappa shape index (κ3) is 2.00. The summed E-state index contributed by atoms with van der Waals surface area (Å²) in [6, 6.07) is 4.34. The lowest BCUT2D eigenvalue weighted by atomic mass is 10.2. The summed E-state index contributed by atoms with van der Waals surface area (Å²) >= 11 is 5.32. The van der Waals surface area contributed by atoms with Crippen LogP contribution in [0.1, 0.15) is 0 Å². The number of rotatable bonds is 1. The van der Waals surface area contributed by atoms with Crippen molar-refractivity contribution in [2.45, 2.75) is 0 Å². The molecule has 78 valence electrons. The predicted molar refractivity (Wildman–Crippen MR) is 66.7 cm³/mol. The number of nitrogen functional groups attached to an aromatic ring is 1. The number of anilines is 1. The minimum absolute atomic E-state index is 0.307. The van der Waals surface area contributed by atoms with Gasteiger partial charge < -0.3 is 10.3 Å². The zero-order chi connectivity index (χ0) is 11.0. The Morgan fingerprint density at radius 2 is 2.20 bits per heavy atom. The number of nitrogens with two attached hydrogens (primary N) is 1. The van der Waals surface area contributed by atoms with Crippen molar-refractivity contribution >= 4 is 44.3 Å². The number of hydrogen-bond donors (Lipinski definition) is 1. The van der Waals surface area contributed by atoms with E-state index in [1.165, 1.54) is 12.1 Å². The molecule has 0 atom stereocenters. The molecular formula is C9H5BrFIN2O. The molecular weight excluding hydrogens is 378 g/mol. The summed E-state index contributed by atoms with van der Waals surface area (Å²) in [5, 5.41) is 3.62. The van der Waals surface area contributed by atoms with E-state index in [0.29, 0.717) is 20.7 Å². The summed E-state index contributed by atoms with van der Waals surface area (Å²) in [4.78, 5) is 0. The topological polar surface area (TPSA) is 52.0 Å². The van der Waals surface area contributed by atoms with Crippen LogP contribution in [0, 0.1) is 9.39 Å². The zero-order valence-electron chi connectivity index (χ0n) is 7.30. The Bertz CT molecular complexity index is 515. The highest BCUT2D eigenvalue weighted by Crippen LogP contribution is 2.34. The standard InChI is InChI=1S/C9H5BrFIN2O/c10-6-2-1-4(11)3-5(6)8-7(12)9(13)14-15-8/h1-3H,(H2,13,14). The van der Waals surface area contributed by atoms with Crippen molar-refractivity contribution in [2.24, 2.45) is 0 Å². The Morgan fingerprint density at radius 3 is 2.80 bits per heavy atom. The van der Waals surface area contributed by atoms with E-state index >= 15 is 0 Å². The van der Waals surface area contributed by atoms with Crippen molar-refractivity contribution in [3.8, 4) is 11.3 Å². The Labute approximate surface area is 107 Å². The van der Waals surface area contributed by atoms with E-state index in [0.717, 1.165) is 4.47 Å². The first-order valence-electron chi connectivity index (χ1n) is 3.95. The van der Waals surface area contributed by atoms with Crippen molar-refractivity contribution in [1.29, 1.82) is 0 Å². The highest BCUT2D eigenvalue weighted by molar-refractivity contribution is 14.1. The molecule has 15 heavy (non-hydrogen) atoms. The number of aromatic nitrogens is 1. The van der Waals surface area contributed by atoms with Crippen molar-refractivity contribution in [3.63, 3.8) is 0 Å². The Balaban J connectivity index is 2.63. The molecule has 0 bridgehead atoms. The quantitative estimate of drug-likeness (QED) is 0.769. The van der Waals surface area contributed by atoms with Gasteiger partial charge in [-0.25, -0.2) is 4.39 Å². The molecule has 2 aromatic rings. The van der Waals surface area contributed by atoms with Crippen LogP contribution in [0.15, 0.2) is 27.2 Å². The number of halogens is 3. The average Bonchev–Trinajstić information content (AvgIpc) is 2.52. The highest BCUT2D eigenvalue weighted by atomic mass is 127. The van der Waals surface area contributed by atoms with Gasteiger partial charge in [0, 0.05) is 10.0 Å². The summed E-state index contributed by atoms with van der Waals surface area (Å²) < 4.78 is 19.5. The van der Waals surface area contributed by atoms with Gasteiger partial charge in [0.15, 0.2) is 11.6 Å². The van der Waals surface area contributed by atoms with Crippen LogP contribution < -0.4 is 5.73 Å². The molecule has 0 aliphatic carbocycles. The van der Waals surface area contributed by atoms with Crippen LogP contribution >= 0.6 is 38.5 Å². The van der Waals surface area contributed by atoms with E-state index in [-0.39, 0.29) is 5.82 Å². The van der Waals surface area contributed by atoms with Gasteiger partial charge in [-0.1, -0.05) is 21.1 Å². The Hall–Kier alpha value is -0.630. The fraction of sp³-hybridized carbons (Fsp3) is 0. The average molecular weight is 383 g/mol. The lowest BCUT2D eigenvalue weighted by Gasteiger charge is -2.00. The SMILES string of the molecule is Nc1noc(-c2cc(F)ccc2Br)c1I. The molecule has 0 fully saturated rings. The maximum Gasteiger partial charge on any atom is 0.183 e. The van der Waals surface area contributed by atoms with E-state index in [1.807, 2.05) is 22.6 Å². The van der Waals surface area contributed by atoms with Crippen molar-refractivity contribution in [1.82, 2.24) is 5.16 Å². The van der Waals surface area contributed by atoms with E-state index in [1.54, 1.807) is 6.07 Å². The molecule has 0 saturated carbocycles. The molecule has 0 spiro atoms. The molecule has 1 aromatic carbocycles. The highest BCUT2D eigenvalue weighted by Gasteiger charge is 2.16. The van der Waals surface area contributed by atoms with Gasteiger partial charge >= 0.3 is 0 Å². The Morgan fingerprint density at radius 1 is 1.47 bits per heavy atom. The summed E-state index contributed by atoms with van der Waals surface area (Å²) in [5.41, 5.74) is 6.15. The molecule has 0 aliphatic rings. The van der Waals surface area contributed by atoms with Crippen LogP contribution in [0.5, 0.6) is 0 Å².